The van der Waals surface area contributed by atoms with Gasteiger partial charge in [-0.25, -0.2) is 4.57 Å². The van der Waals surface area contributed by atoms with E-state index in [1.165, 1.54) is 83.5 Å². The number of aliphatic hydroxyl groups excluding tert-OH is 1. The normalized spacial score (nSPS) is 13.9. The lowest BCUT2D eigenvalue weighted by Crippen LogP contribution is -2.30. The van der Waals surface area contributed by atoms with Gasteiger partial charge in [0.15, 0.2) is 6.10 Å². The van der Waals surface area contributed by atoms with Gasteiger partial charge in [0, 0.05) is 19.3 Å². The number of unbranched alkanes of at least 4 members (excludes halogenated alkanes) is 24. The monoisotopic (exact) mass is 1030 g/mol. The molecule has 0 aromatic rings. The molecule has 0 aromatic carbocycles. The SMILES string of the molecule is CC/C=C\C/C=C\C/C=C\C/C=C\C/C=C\CCCCCC(=O)OCC(COP(=O)(O)OCC(CO)OC(=O)CCCCCCC/C=C\CCCC)OC(=O)CCCCCCCCCCCCCCCCC. The van der Waals surface area contributed by atoms with Crippen molar-refractivity contribution in [1.29, 1.82) is 0 Å². The maximum absolute atomic E-state index is 12.9. The van der Waals surface area contributed by atoms with Crippen LogP contribution in [0.4, 0.5) is 0 Å². The summed E-state index contributed by atoms with van der Waals surface area (Å²) in [6.45, 7) is 4.46. The fourth-order valence-electron chi connectivity index (χ4n) is 7.72. The number of rotatable bonds is 53. The second kappa shape index (κ2) is 54.2. The van der Waals surface area contributed by atoms with Crippen molar-refractivity contribution in [2.45, 2.75) is 264 Å². The summed E-state index contributed by atoms with van der Waals surface area (Å²) in [5, 5.41) is 9.79. The minimum absolute atomic E-state index is 0.161. The number of esters is 3. The highest BCUT2D eigenvalue weighted by molar-refractivity contribution is 7.47. The van der Waals surface area contributed by atoms with Gasteiger partial charge >= 0.3 is 25.7 Å². The van der Waals surface area contributed by atoms with Crippen LogP contribution >= 0.6 is 7.82 Å². The van der Waals surface area contributed by atoms with E-state index in [-0.39, 0.29) is 25.9 Å². The molecule has 0 aromatic heterocycles. The summed E-state index contributed by atoms with van der Waals surface area (Å²) in [6, 6.07) is 0. The molecule has 0 rings (SSSR count). The number of phosphoric ester groups is 1. The van der Waals surface area contributed by atoms with Gasteiger partial charge in [0.05, 0.1) is 19.8 Å². The molecule has 0 fully saturated rings. The first-order valence-corrected chi connectivity index (χ1v) is 30.3. The van der Waals surface area contributed by atoms with Crippen molar-refractivity contribution in [3.63, 3.8) is 0 Å². The molecule has 3 unspecified atom stereocenters. The Kier molecular flexibility index (Phi) is 51.9. The van der Waals surface area contributed by atoms with Gasteiger partial charge in [-0.3, -0.25) is 23.4 Å². The quantitative estimate of drug-likeness (QED) is 0.0197. The molecule has 0 bridgehead atoms. The molecule has 0 radical (unpaired) electrons. The molecule has 0 aliphatic carbocycles. The van der Waals surface area contributed by atoms with E-state index in [9.17, 15) is 28.9 Å². The molecule has 0 spiro atoms. The number of hydrogen-bond acceptors (Lipinski definition) is 10. The Morgan fingerprint density at radius 1 is 0.403 bits per heavy atom. The summed E-state index contributed by atoms with van der Waals surface area (Å²) in [5.74, 6) is -1.51. The van der Waals surface area contributed by atoms with Crippen molar-refractivity contribution < 1.29 is 52.2 Å². The Morgan fingerprint density at radius 2 is 0.736 bits per heavy atom. The van der Waals surface area contributed by atoms with Crippen molar-refractivity contribution in [3.05, 3.63) is 72.9 Å². The van der Waals surface area contributed by atoms with Gasteiger partial charge < -0.3 is 24.2 Å². The fraction of sp³-hybridized carbons (Fsp3) is 0.750. The summed E-state index contributed by atoms with van der Waals surface area (Å²) >= 11 is 0. The highest BCUT2D eigenvalue weighted by atomic mass is 31.2. The molecule has 0 aliphatic rings. The van der Waals surface area contributed by atoms with Gasteiger partial charge in [0.1, 0.15) is 12.7 Å². The van der Waals surface area contributed by atoms with Gasteiger partial charge in [0.25, 0.3) is 0 Å². The summed E-state index contributed by atoms with van der Waals surface area (Å²) in [4.78, 5) is 48.5. The first-order valence-electron chi connectivity index (χ1n) is 28.8. The standard InChI is InChI=1S/C60H105O11P/c1-4-7-10-13-16-19-22-24-26-27-28-29-31-32-35-37-40-43-46-49-58(62)67-53-57(71-60(64)51-48-45-42-39-36-33-30-25-23-20-17-14-11-8-5-2)55-69-72(65,66)68-54-56(52-61)70-59(63)50-47-44-41-38-34-21-18-15-12-9-6-3/h7,10,15-16,18-19,24,26,28-29,32,35,56-57,61H,4-6,8-9,11-14,17,20-23,25,27,30-31,33-34,36-55H2,1-3H3,(H,65,66)/b10-7-,18-15-,19-16-,26-24-,29-28-,35-32-. The number of ether oxygens (including phenoxy) is 3. The first kappa shape index (κ1) is 68.9. The van der Waals surface area contributed by atoms with Gasteiger partial charge in [-0.2, -0.15) is 0 Å². The predicted octanol–water partition coefficient (Wildman–Crippen LogP) is 16.9. The average Bonchev–Trinajstić information content (AvgIpc) is 3.37. The highest BCUT2D eigenvalue weighted by Gasteiger charge is 2.28. The van der Waals surface area contributed by atoms with Crippen LogP contribution in [0.25, 0.3) is 0 Å². The Morgan fingerprint density at radius 3 is 1.18 bits per heavy atom. The molecule has 0 saturated heterocycles. The molecule has 0 aliphatic heterocycles. The third-order valence-electron chi connectivity index (χ3n) is 12.1. The molecular formula is C60H105O11P. The third-order valence-corrected chi connectivity index (χ3v) is 13.1. The topological polar surface area (TPSA) is 155 Å². The molecule has 0 heterocycles. The first-order chi connectivity index (χ1) is 35.2. The fourth-order valence-corrected chi connectivity index (χ4v) is 8.50. The summed E-state index contributed by atoms with van der Waals surface area (Å²) in [6.07, 6.45) is 60.1. The number of allylic oxidation sites excluding steroid dienone is 12. The largest absolute Gasteiger partial charge is 0.472 e. The lowest BCUT2D eigenvalue weighted by molar-refractivity contribution is -0.161. The zero-order valence-electron chi connectivity index (χ0n) is 45.9. The van der Waals surface area contributed by atoms with Crippen LogP contribution < -0.4 is 0 Å². The number of carbonyl (C=O) groups is 3. The summed E-state index contributed by atoms with van der Waals surface area (Å²) in [5.41, 5.74) is 0. The number of hydrogen-bond donors (Lipinski definition) is 2. The summed E-state index contributed by atoms with van der Waals surface area (Å²) in [7, 11) is -4.75. The van der Waals surface area contributed by atoms with Crippen molar-refractivity contribution in [2.24, 2.45) is 0 Å². The number of phosphoric acid groups is 1. The zero-order valence-corrected chi connectivity index (χ0v) is 46.8. The van der Waals surface area contributed by atoms with E-state index in [0.29, 0.717) is 19.3 Å². The average molecular weight is 1030 g/mol. The lowest BCUT2D eigenvalue weighted by Gasteiger charge is -2.21. The van der Waals surface area contributed by atoms with Crippen molar-refractivity contribution in [1.82, 2.24) is 0 Å². The Bertz CT molecular complexity index is 1490. The summed E-state index contributed by atoms with van der Waals surface area (Å²) < 4.78 is 39.5. The number of aliphatic hydroxyl groups is 1. The molecule has 72 heavy (non-hydrogen) atoms. The minimum Gasteiger partial charge on any atom is -0.462 e. The molecule has 0 saturated carbocycles. The van der Waals surface area contributed by atoms with E-state index < -0.39 is 57.8 Å². The second-order valence-corrected chi connectivity index (χ2v) is 20.5. The van der Waals surface area contributed by atoms with E-state index in [1.54, 1.807) is 0 Å². The minimum atomic E-state index is -4.75. The number of carbonyl (C=O) groups excluding carboxylic acids is 3. The molecule has 12 heteroatoms. The van der Waals surface area contributed by atoms with E-state index in [0.717, 1.165) is 109 Å². The highest BCUT2D eigenvalue weighted by Crippen LogP contribution is 2.43. The van der Waals surface area contributed by atoms with E-state index >= 15 is 0 Å². The van der Waals surface area contributed by atoms with Crippen LogP contribution in [0.15, 0.2) is 72.9 Å². The van der Waals surface area contributed by atoms with Gasteiger partial charge in [-0.1, -0.05) is 222 Å². The van der Waals surface area contributed by atoms with Crippen LogP contribution in [0.3, 0.4) is 0 Å². The predicted molar refractivity (Wildman–Crippen MR) is 298 cm³/mol. The Labute approximate surface area is 439 Å². The van der Waals surface area contributed by atoms with Crippen LogP contribution in [-0.2, 0) is 42.2 Å². The van der Waals surface area contributed by atoms with Crippen LogP contribution in [0.2, 0.25) is 0 Å². The molecule has 3 atom stereocenters. The van der Waals surface area contributed by atoms with Crippen LogP contribution in [0, 0.1) is 0 Å². The maximum atomic E-state index is 12.9. The van der Waals surface area contributed by atoms with Gasteiger partial charge in [-0.05, 0) is 83.5 Å². The van der Waals surface area contributed by atoms with Crippen molar-refractivity contribution in [3.8, 4) is 0 Å². The van der Waals surface area contributed by atoms with E-state index in [4.69, 9.17) is 23.3 Å². The van der Waals surface area contributed by atoms with E-state index in [1.807, 2.05) is 0 Å². The molecule has 0 amide bonds. The van der Waals surface area contributed by atoms with Gasteiger partial charge in [-0.15, -0.1) is 0 Å². The van der Waals surface area contributed by atoms with Crippen LogP contribution in [0.1, 0.15) is 252 Å². The second-order valence-electron chi connectivity index (χ2n) is 19.1. The molecular weight excluding hydrogens is 928 g/mol. The Balaban J connectivity index is 4.77. The van der Waals surface area contributed by atoms with E-state index in [2.05, 4.69) is 93.7 Å². The molecule has 11 nitrogen and oxygen atoms in total. The third kappa shape index (κ3) is 51.8. The van der Waals surface area contributed by atoms with Crippen LogP contribution in [-0.4, -0.2) is 66.5 Å². The smallest absolute Gasteiger partial charge is 0.462 e. The van der Waals surface area contributed by atoms with Gasteiger partial charge in [0.2, 0.25) is 0 Å². The lowest BCUT2D eigenvalue weighted by atomic mass is 10.0. The van der Waals surface area contributed by atoms with Crippen molar-refractivity contribution >= 4 is 25.7 Å². The van der Waals surface area contributed by atoms with Crippen LogP contribution in [0.5, 0.6) is 0 Å². The maximum Gasteiger partial charge on any atom is 0.472 e. The van der Waals surface area contributed by atoms with Crippen molar-refractivity contribution in [2.75, 3.05) is 26.4 Å². The molecule has 416 valence electrons. The zero-order chi connectivity index (χ0) is 52.7. The molecule has 2 N–H and O–H groups in total. The Hall–Kier alpha value is -3.08.